The lowest BCUT2D eigenvalue weighted by Crippen LogP contribution is -2.49. The lowest BCUT2D eigenvalue weighted by molar-refractivity contribution is 0.421. The Morgan fingerprint density at radius 1 is 1.33 bits per heavy atom. The van der Waals surface area contributed by atoms with E-state index >= 15 is 0 Å². The Labute approximate surface area is 109 Å². The monoisotopic (exact) mass is 271 g/mol. The number of pyridine rings is 1. The Morgan fingerprint density at radius 3 is 2.50 bits per heavy atom. The molecule has 0 bridgehead atoms. The number of nitrogens with one attached hydrogen (secondary N) is 2. The second-order valence-corrected chi connectivity index (χ2v) is 6.92. The van der Waals surface area contributed by atoms with E-state index in [2.05, 4.69) is 15.0 Å². The molecule has 0 aromatic carbocycles. The molecule has 0 amide bonds. The van der Waals surface area contributed by atoms with Crippen LogP contribution in [-0.2, 0) is 16.6 Å². The van der Waals surface area contributed by atoms with Crippen LogP contribution in [0.4, 0.5) is 0 Å². The molecular formula is C12H21N3O2S. The Balaban J connectivity index is 2.43. The molecule has 0 radical (unpaired) electrons. The first-order valence-corrected chi connectivity index (χ1v) is 7.68. The van der Waals surface area contributed by atoms with E-state index in [1.165, 1.54) is 6.26 Å². The van der Waals surface area contributed by atoms with Crippen LogP contribution in [-0.4, -0.2) is 31.7 Å². The maximum Gasteiger partial charge on any atom is 0.209 e. The largest absolute Gasteiger partial charge is 0.311 e. The van der Waals surface area contributed by atoms with Gasteiger partial charge in [-0.1, -0.05) is 6.07 Å². The number of hydrogen-bond donors (Lipinski definition) is 2. The predicted octanol–water partition coefficient (Wildman–Crippen LogP) is 0.807. The van der Waals surface area contributed by atoms with Crippen molar-refractivity contribution in [3.05, 3.63) is 29.6 Å². The van der Waals surface area contributed by atoms with Gasteiger partial charge in [-0.15, -0.1) is 0 Å². The molecule has 1 rings (SSSR count). The fourth-order valence-corrected chi connectivity index (χ4v) is 2.74. The van der Waals surface area contributed by atoms with Gasteiger partial charge in [-0.25, -0.2) is 13.1 Å². The molecule has 1 heterocycles. The van der Waals surface area contributed by atoms with Gasteiger partial charge in [0.15, 0.2) is 0 Å². The van der Waals surface area contributed by atoms with Crippen LogP contribution in [0.5, 0.6) is 0 Å². The van der Waals surface area contributed by atoms with Crippen LogP contribution in [0.2, 0.25) is 0 Å². The summed E-state index contributed by atoms with van der Waals surface area (Å²) in [6, 6.07) is 3.96. The Bertz CT molecular complexity index is 481. The molecule has 1 aromatic rings. The summed E-state index contributed by atoms with van der Waals surface area (Å²) in [4.78, 5) is 4.20. The number of aryl methyl sites for hydroxylation is 1. The highest BCUT2D eigenvalue weighted by molar-refractivity contribution is 7.88. The highest BCUT2D eigenvalue weighted by Gasteiger charge is 2.21. The van der Waals surface area contributed by atoms with E-state index in [0.717, 1.165) is 11.3 Å². The topological polar surface area (TPSA) is 71.1 Å². The smallest absolute Gasteiger partial charge is 0.209 e. The van der Waals surface area contributed by atoms with Gasteiger partial charge in [-0.2, -0.15) is 0 Å². The van der Waals surface area contributed by atoms with Gasteiger partial charge in [0.25, 0.3) is 0 Å². The first-order chi connectivity index (χ1) is 8.18. The van der Waals surface area contributed by atoms with E-state index in [0.29, 0.717) is 13.1 Å². The standard InChI is InChI=1S/C12H21N3O2S/c1-10-5-6-11(8-14-10)7-13-9-12(2,3)15-18(4,16)17/h5-6,8,13,15H,7,9H2,1-4H3. The third kappa shape index (κ3) is 6.09. The van der Waals surface area contributed by atoms with Crippen LogP contribution >= 0.6 is 0 Å². The molecule has 0 aliphatic carbocycles. The van der Waals surface area contributed by atoms with Crippen molar-refractivity contribution in [2.45, 2.75) is 32.9 Å². The number of sulfonamides is 1. The van der Waals surface area contributed by atoms with Gasteiger partial charge < -0.3 is 5.32 Å². The zero-order valence-corrected chi connectivity index (χ0v) is 12.1. The summed E-state index contributed by atoms with van der Waals surface area (Å²) < 4.78 is 24.9. The Hall–Kier alpha value is -0.980. The van der Waals surface area contributed by atoms with E-state index in [1.807, 2.05) is 39.1 Å². The van der Waals surface area contributed by atoms with Crippen molar-refractivity contribution in [2.75, 3.05) is 12.8 Å². The summed E-state index contributed by atoms with van der Waals surface area (Å²) in [6.07, 6.45) is 2.98. The molecule has 0 unspecified atom stereocenters. The average molecular weight is 271 g/mol. The molecule has 18 heavy (non-hydrogen) atoms. The van der Waals surface area contributed by atoms with Crippen LogP contribution < -0.4 is 10.0 Å². The third-order valence-electron chi connectivity index (χ3n) is 2.33. The van der Waals surface area contributed by atoms with Gasteiger partial charge in [-0.3, -0.25) is 4.98 Å². The summed E-state index contributed by atoms with van der Waals surface area (Å²) in [5.74, 6) is 0. The molecular weight excluding hydrogens is 250 g/mol. The van der Waals surface area contributed by atoms with Gasteiger partial charge in [0, 0.05) is 30.5 Å². The van der Waals surface area contributed by atoms with E-state index in [9.17, 15) is 8.42 Å². The van der Waals surface area contributed by atoms with Gasteiger partial charge in [0.05, 0.1) is 6.26 Å². The van der Waals surface area contributed by atoms with Crippen LogP contribution in [0, 0.1) is 6.92 Å². The van der Waals surface area contributed by atoms with Crippen LogP contribution in [0.15, 0.2) is 18.3 Å². The summed E-state index contributed by atoms with van der Waals surface area (Å²) >= 11 is 0. The molecule has 6 heteroatoms. The van der Waals surface area contributed by atoms with Gasteiger partial charge >= 0.3 is 0 Å². The van der Waals surface area contributed by atoms with Crippen molar-refractivity contribution < 1.29 is 8.42 Å². The Morgan fingerprint density at radius 2 is 2.00 bits per heavy atom. The first-order valence-electron chi connectivity index (χ1n) is 5.79. The second kappa shape index (κ2) is 5.77. The second-order valence-electron chi connectivity index (χ2n) is 5.17. The summed E-state index contributed by atoms with van der Waals surface area (Å²) in [5.41, 5.74) is 1.56. The van der Waals surface area contributed by atoms with Gasteiger partial charge in [-0.05, 0) is 32.4 Å². The Kier molecular flexibility index (Phi) is 4.84. The minimum absolute atomic E-state index is 0.508. The van der Waals surface area contributed by atoms with Gasteiger partial charge in [0.2, 0.25) is 10.0 Å². The lowest BCUT2D eigenvalue weighted by Gasteiger charge is -2.25. The molecule has 102 valence electrons. The third-order valence-corrected chi connectivity index (χ3v) is 3.25. The van der Waals surface area contributed by atoms with Crippen molar-refractivity contribution in [3.8, 4) is 0 Å². The molecule has 5 nitrogen and oxygen atoms in total. The molecule has 0 fully saturated rings. The zero-order valence-electron chi connectivity index (χ0n) is 11.3. The fraction of sp³-hybridized carbons (Fsp3) is 0.583. The summed E-state index contributed by atoms with van der Waals surface area (Å²) in [7, 11) is -3.18. The van der Waals surface area contributed by atoms with Crippen molar-refractivity contribution in [1.29, 1.82) is 0 Å². The highest BCUT2D eigenvalue weighted by atomic mass is 32.2. The van der Waals surface area contributed by atoms with E-state index < -0.39 is 15.6 Å². The molecule has 0 saturated heterocycles. The summed E-state index contributed by atoms with van der Waals surface area (Å²) in [5, 5.41) is 3.22. The molecule has 0 spiro atoms. The van der Waals surface area contributed by atoms with E-state index in [-0.39, 0.29) is 0 Å². The van der Waals surface area contributed by atoms with Crippen molar-refractivity contribution in [2.24, 2.45) is 0 Å². The maximum absolute atomic E-state index is 11.2. The quantitative estimate of drug-likeness (QED) is 0.803. The van der Waals surface area contributed by atoms with Crippen molar-refractivity contribution in [1.82, 2.24) is 15.0 Å². The SMILES string of the molecule is Cc1ccc(CNCC(C)(C)NS(C)(=O)=O)cn1. The van der Waals surface area contributed by atoms with Crippen LogP contribution in [0.3, 0.4) is 0 Å². The normalized spacial score (nSPS) is 12.7. The molecule has 0 saturated carbocycles. The van der Waals surface area contributed by atoms with E-state index in [1.54, 1.807) is 0 Å². The average Bonchev–Trinajstić information content (AvgIpc) is 2.17. The summed E-state index contributed by atoms with van der Waals surface area (Å²) in [6.45, 7) is 6.84. The fourth-order valence-electron chi connectivity index (χ4n) is 1.66. The first kappa shape index (κ1) is 15.1. The molecule has 2 N–H and O–H groups in total. The molecule has 0 aliphatic heterocycles. The number of rotatable bonds is 6. The van der Waals surface area contributed by atoms with E-state index in [4.69, 9.17) is 0 Å². The van der Waals surface area contributed by atoms with Crippen molar-refractivity contribution >= 4 is 10.0 Å². The number of aromatic nitrogens is 1. The minimum atomic E-state index is -3.18. The van der Waals surface area contributed by atoms with Crippen LogP contribution in [0.25, 0.3) is 0 Å². The van der Waals surface area contributed by atoms with Gasteiger partial charge in [0.1, 0.15) is 0 Å². The zero-order chi connectivity index (χ0) is 13.8. The van der Waals surface area contributed by atoms with Crippen LogP contribution in [0.1, 0.15) is 25.1 Å². The molecule has 1 aromatic heterocycles. The lowest BCUT2D eigenvalue weighted by atomic mass is 10.1. The number of hydrogen-bond acceptors (Lipinski definition) is 4. The minimum Gasteiger partial charge on any atom is -0.311 e. The number of nitrogens with zero attached hydrogens (tertiary/aromatic N) is 1. The molecule has 0 atom stereocenters. The van der Waals surface area contributed by atoms with Crippen molar-refractivity contribution in [3.63, 3.8) is 0 Å². The molecule has 0 aliphatic rings. The predicted molar refractivity (Wildman–Crippen MR) is 72.7 cm³/mol. The maximum atomic E-state index is 11.2. The highest BCUT2D eigenvalue weighted by Crippen LogP contribution is 2.03.